The second-order valence-corrected chi connectivity index (χ2v) is 8.77. The molecule has 3 rings (SSSR count). The Labute approximate surface area is 121 Å². The Morgan fingerprint density at radius 1 is 1.16 bits per heavy atom. The summed E-state index contributed by atoms with van der Waals surface area (Å²) in [6.07, 6.45) is 0. The molecule has 0 saturated carbocycles. The summed E-state index contributed by atoms with van der Waals surface area (Å²) in [5.74, 6) is 0.792. The van der Waals surface area contributed by atoms with E-state index in [1.807, 2.05) is 37.3 Å². The van der Waals surface area contributed by atoms with E-state index in [1.54, 1.807) is 17.8 Å². The van der Waals surface area contributed by atoms with E-state index in [0.29, 0.717) is 10.8 Å². The van der Waals surface area contributed by atoms with Crippen LogP contribution in [0.4, 0.5) is 5.69 Å². The highest BCUT2D eigenvalue weighted by molar-refractivity contribution is 8.00. The van der Waals surface area contributed by atoms with E-state index < -0.39 is 10.0 Å². The third-order valence-corrected chi connectivity index (χ3v) is 7.27. The van der Waals surface area contributed by atoms with E-state index in [-0.39, 0.29) is 0 Å². The van der Waals surface area contributed by atoms with Crippen LogP contribution in [0.1, 0.15) is 4.88 Å². The number of rotatable bonds is 2. The molecule has 100 valence electrons. The van der Waals surface area contributed by atoms with Crippen LogP contribution < -0.4 is 4.31 Å². The lowest BCUT2D eigenvalue weighted by Crippen LogP contribution is -2.34. The molecule has 19 heavy (non-hydrogen) atoms. The van der Waals surface area contributed by atoms with Crippen molar-refractivity contribution in [3.05, 3.63) is 41.3 Å². The predicted octanol–water partition coefficient (Wildman–Crippen LogP) is 3.36. The summed E-state index contributed by atoms with van der Waals surface area (Å²) in [5, 5.41) is 0. The van der Waals surface area contributed by atoms with Crippen LogP contribution in [0, 0.1) is 6.92 Å². The van der Waals surface area contributed by atoms with Crippen LogP contribution in [0.2, 0.25) is 0 Å². The molecule has 0 bridgehead atoms. The normalized spacial score (nSPS) is 15.3. The Morgan fingerprint density at radius 2 is 1.95 bits per heavy atom. The number of sulfonamides is 1. The van der Waals surface area contributed by atoms with Gasteiger partial charge in [-0.05, 0) is 31.2 Å². The largest absolute Gasteiger partial charge is 0.273 e. The molecule has 0 saturated heterocycles. The van der Waals surface area contributed by atoms with Crippen molar-refractivity contribution in [3.8, 4) is 0 Å². The number of fused-ring (bicyclic) bond motifs is 1. The van der Waals surface area contributed by atoms with Crippen molar-refractivity contribution >= 4 is 38.8 Å². The van der Waals surface area contributed by atoms with Gasteiger partial charge in [-0.15, -0.1) is 23.1 Å². The van der Waals surface area contributed by atoms with Crippen LogP contribution in [0.15, 0.2) is 45.5 Å². The van der Waals surface area contributed by atoms with Crippen molar-refractivity contribution in [2.24, 2.45) is 0 Å². The predicted molar refractivity (Wildman–Crippen MR) is 80.8 cm³/mol. The first kappa shape index (κ1) is 13.0. The van der Waals surface area contributed by atoms with Crippen LogP contribution >= 0.6 is 23.1 Å². The fourth-order valence-electron chi connectivity index (χ4n) is 2.05. The number of benzene rings is 1. The number of hydrogen-bond acceptors (Lipinski definition) is 4. The third-order valence-electron chi connectivity index (χ3n) is 2.95. The quantitative estimate of drug-likeness (QED) is 0.853. The lowest BCUT2D eigenvalue weighted by Gasteiger charge is -2.29. The average Bonchev–Trinajstić information content (AvgIpc) is 2.85. The van der Waals surface area contributed by atoms with Gasteiger partial charge in [-0.25, -0.2) is 8.42 Å². The first-order chi connectivity index (χ1) is 9.09. The maximum atomic E-state index is 12.7. The molecule has 0 amide bonds. The van der Waals surface area contributed by atoms with Crippen molar-refractivity contribution in [2.75, 3.05) is 16.6 Å². The molecule has 0 atom stereocenters. The number of anilines is 1. The zero-order valence-electron chi connectivity index (χ0n) is 10.4. The molecule has 6 heteroatoms. The lowest BCUT2D eigenvalue weighted by molar-refractivity contribution is 0.593. The van der Waals surface area contributed by atoms with Gasteiger partial charge in [-0.1, -0.05) is 12.1 Å². The molecule has 2 heterocycles. The SMILES string of the molecule is Cc1ccc(S(=O)(=O)N2CCSc3ccccc32)s1. The molecule has 0 unspecified atom stereocenters. The topological polar surface area (TPSA) is 37.4 Å². The van der Waals surface area contributed by atoms with Crippen LogP contribution in [0.25, 0.3) is 0 Å². The Bertz CT molecular complexity index is 706. The summed E-state index contributed by atoms with van der Waals surface area (Å²) in [5.41, 5.74) is 0.796. The number of nitrogens with zero attached hydrogens (tertiary/aromatic N) is 1. The van der Waals surface area contributed by atoms with Crippen LogP contribution in [-0.2, 0) is 10.0 Å². The Morgan fingerprint density at radius 3 is 2.68 bits per heavy atom. The van der Waals surface area contributed by atoms with E-state index >= 15 is 0 Å². The van der Waals surface area contributed by atoms with Crippen molar-refractivity contribution in [1.82, 2.24) is 0 Å². The first-order valence-corrected chi connectivity index (χ1v) is 9.14. The van der Waals surface area contributed by atoms with Crippen molar-refractivity contribution in [3.63, 3.8) is 0 Å². The van der Waals surface area contributed by atoms with E-state index in [2.05, 4.69) is 0 Å². The summed E-state index contributed by atoms with van der Waals surface area (Å²) < 4.78 is 27.3. The fraction of sp³-hybridized carbons (Fsp3) is 0.231. The lowest BCUT2D eigenvalue weighted by atomic mass is 10.3. The molecule has 1 aliphatic heterocycles. The molecule has 1 aromatic carbocycles. The molecule has 0 aliphatic carbocycles. The Kier molecular flexibility index (Phi) is 3.32. The van der Waals surface area contributed by atoms with Crippen molar-refractivity contribution < 1.29 is 8.42 Å². The van der Waals surface area contributed by atoms with E-state index in [9.17, 15) is 8.42 Å². The van der Waals surface area contributed by atoms with Gasteiger partial charge in [0.15, 0.2) is 0 Å². The highest BCUT2D eigenvalue weighted by atomic mass is 32.2. The van der Waals surface area contributed by atoms with E-state index in [1.165, 1.54) is 15.6 Å². The van der Waals surface area contributed by atoms with Gasteiger partial charge in [-0.3, -0.25) is 4.31 Å². The molecule has 0 N–H and O–H groups in total. The maximum Gasteiger partial charge on any atom is 0.273 e. The molecule has 3 nitrogen and oxygen atoms in total. The van der Waals surface area contributed by atoms with Crippen LogP contribution in [0.5, 0.6) is 0 Å². The molecule has 1 aliphatic rings. The average molecular weight is 311 g/mol. The third kappa shape index (κ3) is 2.28. The summed E-state index contributed by atoms with van der Waals surface area (Å²) in [6.45, 7) is 2.45. The maximum absolute atomic E-state index is 12.7. The minimum absolute atomic E-state index is 0.423. The molecule has 2 aromatic rings. The number of thiophene rings is 1. The number of para-hydroxylation sites is 1. The van der Waals surface area contributed by atoms with Crippen LogP contribution in [-0.4, -0.2) is 20.7 Å². The van der Waals surface area contributed by atoms with Gasteiger partial charge in [0.25, 0.3) is 10.0 Å². The van der Waals surface area contributed by atoms with Gasteiger partial charge >= 0.3 is 0 Å². The van der Waals surface area contributed by atoms with Gasteiger partial charge in [-0.2, -0.15) is 0 Å². The van der Waals surface area contributed by atoms with Gasteiger partial charge < -0.3 is 0 Å². The van der Waals surface area contributed by atoms with Gasteiger partial charge in [0.2, 0.25) is 0 Å². The molecule has 0 spiro atoms. The Balaban J connectivity index is 2.08. The zero-order chi connectivity index (χ0) is 13.5. The fourth-order valence-corrected chi connectivity index (χ4v) is 6.10. The minimum atomic E-state index is -3.42. The molecular formula is C13H13NO2S3. The smallest absolute Gasteiger partial charge is 0.264 e. The molecule has 0 fully saturated rings. The second kappa shape index (κ2) is 4.85. The van der Waals surface area contributed by atoms with E-state index in [4.69, 9.17) is 0 Å². The molecule has 0 radical (unpaired) electrons. The van der Waals surface area contributed by atoms with Gasteiger partial charge in [0.05, 0.1) is 5.69 Å². The van der Waals surface area contributed by atoms with Gasteiger partial charge in [0.1, 0.15) is 4.21 Å². The summed E-state index contributed by atoms with van der Waals surface area (Å²) in [6, 6.07) is 11.2. The second-order valence-electron chi connectivity index (χ2n) is 4.26. The van der Waals surface area contributed by atoms with E-state index in [0.717, 1.165) is 21.2 Å². The molecular weight excluding hydrogens is 298 g/mol. The monoisotopic (exact) mass is 311 g/mol. The molecule has 1 aromatic heterocycles. The minimum Gasteiger partial charge on any atom is -0.264 e. The van der Waals surface area contributed by atoms with Gasteiger partial charge in [0, 0.05) is 22.1 Å². The highest BCUT2D eigenvalue weighted by Gasteiger charge is 2.30. The van der Waals surface area contributed by atoms with Crippen LogP contribution in [0.3, 0.4) is 0 Å². The first-order valence-electron chi connectivity index (χ1n) is 5.90. The number of thioether (sulfide) groups is 1. The summed E-state index contributed by atoms with van der Waals surface area (Å²) in [4.78, 5) is 2.05. The Hall–Kier alpha value is -0.980. The number of aryl methyl sites for hydroxylation is 1. The summed E-state index contributed by atoms with van der Waals surface area (Å²) >= 11 is 3.03. The summed E-state index contributed by atoms with van der Waals surface area (Å²) in [7, 11) is -3.42. The van der Waals surface area contributed by atoms with Crippen molar-refractivity contribution in [1.29, 1.82) is 0 Å². The standard InChI is InChI=1S/C13H13NO2S3/c1-10-6-7-13(18-10)19(15,16)14-8-9-17-12-5-3-2-4-11(12)14/h2-7H,8-9H2,1H3. The zero-order valence-corrected chi connectivity index (χ0v) is 12.8. The number of hydrogen-bond donors (Lipinski definition) is 0. The van der Waals surface area contributed by atoms with Crippen molar-refractivity contribution in [2.45, 2.75) is 16.0 Å². The highest BCUT2D eigenvalue weighted by Crippen LogP contribution is 2.38.